The molecule has 0 radical (unpaired) electrons. The van der Waals surface area contributed by atoms with Gasteiger partial charge in [0.25, 0.3) is 0 Å². The minimum Gasteiger partial charge on any atom is -0.220 e. The van der Waals surface area contributed by atoms with Crippen LogP contribution in [0, 0.1) is 0 Å². The summed E-state index contributed by atoms with van der Waals surface area (Å²) in [6.45, 7) is 6.63. The van der Waals surface area contributed by atoms with Gasteiger partial charge in [-0.2, -0.15) is 0 Å². The van der Waals surface area contributed by atoms with Crippen LogP contribution in [0.3, 0.4) is 0 Å². The van der Waals surface area contributed by atoms with Crippen molar-refractivity contribution in [2.24, 2.45) is 0 Å². The summed E-state index contributed by atoms with van der Waals surface area (Å²) in [7, 11) is 0. The highest BCUT2D eigenvalue weighted by Crippen LogP contribution is 2.25. The highest BCUT2D eigenvalue weighted by Gasteiger charge is 2.14. The van der Waals surface area contributed by atoms with Crippen LogP contribution in [0.25, 0.3) is 17.0 Å². The number of nitrogens with zero attached hydrogens (tertiary/aromatic N) is 3. The Morgan fingerprint density at radius 2 is 1.75 bits per heavy atom. The molecule has 0 aliphatic rings. The maximum atomic E-state index is 4.56. The molecule has 4 heteroatoms. The normalized spacial score (nSPS) is 12.0. The molecule has 2 aromatic heterocycles. The number of pyridine rings is 1. The van der Waals surface area contributed by atoms with E-state index in [1.807, 2.05) is 18.3 Å². The van der Waals surface area contributed by atoms with Crippen LogP contribution in [0.4, 0.5) is 0 Å². The number of halogens is 1. The van der Waals surface area contributed by atoms with Crippen LogP contribution in [-0.2, 0) is 5.41 Å². The van der Waals surface area contributed by atoms with E-state index >= 15 is 0 Å². The number of aromatic nitrogens is 3. The Bertz CT molecular complexity index is 751. The highest BCUT2D eigenvalue weighted by molar-refractivity contribution is 9.10. The Hall–Kier alpha value is -1.68. The third-order valence-electron chi connectivity index (χ3n) is 3.31. The van der Waals surface area contributed by atoms with Gasteiger partial charge in [0, 0.05) is 16.2 Å². The predicted octanol–water partition coefficient (Wildman–Crippen LogP) is 4.46. The summed E-state index contributed by atoms with van der Waals surface area (Å²) in [6.07, 6.45) is 1.90. The molecule has 0 saturated carbocycles. The van der Waals surface area contributed by atoms with E-state index in [2.05, 4.69) is 71.0 Å². The van der Waals surface area contributed by atoms with Crippen LogP contribution in [0.15, 0.2) is 47.1 Å². The van der Waals surface area contributed by atoms with E-state index in [0.29, 0.717) is 0 Å². The number of hydrogen-bond acceptors (Lipinski definition) is 2. The van der Waals surface area contributed by atoms with Crippen molar-refractivity contribution in [2.45, 2.75) is 26.2 Å². The maximum Gasteiger partial charge on any atom is 0.182 e. The standard InChI is InChI=1S/C16H16BrN3/c1-16(2,3)12-6-4-11(5-7-12)15-18-14-10-13(17)8-9-20(14)19-15/h4-10H,1-3H3. The minimum atomic E-state index is 0.162. The maximum absolute atomic E-state index is 4.56. The summed E-state index contributed by atoms with van der Waals surface area (Å²) in [6, 6.07) is 12.4. The minimum absolute atomic E-state index is 0.162. The van der Waals surface area contributed by atoms with Gasteiger partial charge in [-0.25, -0.2) is 9.50 Å². The SMILES string of the molecule is CC(C)(C)c1ccc(-c2nc3cc(Br)ccn3n2)cc1. The Labute approximate surface area is 126 Å². The summed E-state index contributed by atoms with van der Waals surface area (Å²) in [4.78, 5) is 4.56. The summed E-state index contributed by atoms with van der Waals surface area (Å²) in [5, 5.41) is 4.50. The molecule has 0 unspecified atom stereocenters. The van der Waals surface area contributed by atoms with E-state index in [4.69, 9.17) is 0 Å². The Morgan fingerprint density at radius 1 is 1.05 bits per heavy atom. The van der Waals surface area contributed by atoms with Crippen LogP contribution in [0.5, 0.6) is 0 Å². The zero-order chi connectivity index (χ0) is 14.3. The third kappa shape index (κ3) is 2.48. The van der Waals surface area contributed by atoms with Crippen LogP contribution in [-0.4, -0.2) is 14.6 Å². The van der Waals surface area contributed by atoms with Crippen molar-refractivity contribution in [3.05, 3.63) is 52.6 Å². The van der Waals surface area contributed by atoms with Gasteiger partial charge in [0.05, 0.1) is 0 Å². The Kier molecular flexibility index (Phi) is 3.13. The van der Waals surface area contributed by atoms with Gasteiger partial charge in [-0.1, -0.05) is 61.0 Å². The molecule has 0 N–H and O–H groups in total. The lowest BCUT2D eigenvalue weighted by molar-refractivity contribution is 0.590. The molecule has 3 rings (SSSR count). The molecule has 0 aliphatic heterocycles. The third-order valence-corrected chi connectivity index (χ3v) is 3.80. The summed E-state index contributed by atoms with van der Waals surface area (Å²) >= 11 is 3.45. The molecular formula is C16H16BrN3. The van der Waals surface area contributed by atoms with Gasteiger partial charge in [0.1, 0.15) is 0 Å². The number of benzene rings is 1. The van der Waals surface area contributed by atoms with E-state index in [1.165, 1.54) is 5.56 Å². The molecule has 0 fully saturated rings. The molecule has 0 bridgehead atoms. The van der Waals surface area contributed by atoms with E-state index < -0.39 is 0 Å². The first-order valence-corrected chi connectivity index (χ1v) is 7.36. The van der Waals surface area contributed by atoms with Gasteiger partial charge in [-0.05, 0) is 23.1 Å². The fourth-order valence-electron chi connectivity index (χ4n) is 2.10. The predicted molar refractivity (Wildman–Crippen MR) is 84.8 cm³/mol. The fraction of sp³-hybridized carbons (Fsp3) is 0.250. The van der Waals surface area contributed by atoms with Gasteiger partial charge in [-0.3, -0.25) is 0 Å². The Morgan fingerprint density at radius 3 is 2.40 bits per heavy atom. The number of hydrogen-bond donors (Lipinski definition) is 0. The van der Waals surface area contributed by atoms with Crippen LogP contribution in [0.1, 0.15) is 26.3 Å². The lowest BCUT2D eigenvalue weighted by Gasteiger charge is -2.18. The molecule has 3 aromatic rings. The second-order valence-electron chi connectivity index (χ2n) is 5.91. The molecule has 20 heavy (non-hydrogen) atoms. The van der Waals surface area contributed by atoms with E-state index in [0.717, 1.165) is 21.5 Å². The van der Waals surface area contributed by atoms with E-state index in [1.54, 1.807) is 4.52 Å². The first kappa shape index (κ1) is 13.3. The van der Waals surface area contributed by atoms with Gasteiger partial charge in [0.15, 0.2) is 11.5 Å². The van der Waals surface area contributed by atoms with Crippen LogP contribution < -0.4 is 0 Å². The molecule has 0 atom stereocenters. The highest BCUT2D eigenvalue weighted by atomic mass is 79.9. The van der Waals surface area contributed by atoms with Crippen molar-refractivity contribution in [1.29, 1.82) is 0 Å². The molecule has 0 aliphatic carbocycles. The first-order chi connectivity index (χ1) is 9.43. The van der Waals surface area contributed by atoms with Crippen LogP contribution in [0.2, 0.25) is 0 Å². The van der Waals surface area contributed by atoms with Gasteiger partial charge in [0.2, 0.25) is 0 Å². The van der Waals surface area contributed by atoms with Gasteiger partial charge >= 0.3 is 0 Å². The van der Waals surface area contributed by atoms with Crippen molar-refractivity contribution in [3.8, 4) is 11.4 Å². The van der Waals surface area contributed by atoms with E-state index in [9.17, 15) is 0 Å². The molecule has 2 heterocycles. The van der Waals surface area contributed by atoms with Crippen molar-refractivity contribution in [3.63, 3.8) is 0 Å². The molecule has 1 aromatic carbocycles. The van der Waals surface area contributed by atoms with Gasteiger partial charge in [-0.15, -0.1) is 5.10 Å². The molecule has 0 saturated heterocycles. The lowest BCUT2D eigenvalue weighted by Crippen LogP contribution is -2.10. The molecule has 3 nitrogen and oxygen atoms in total. The van der Waals surface area contributed by atoms with Crippen molar-refractivity contribution < 1.29 is 0 Å². The van der Waals surface area contributed by atoms with Gasteiger partial charge < -0.3 is 0 Å². The first-order valence-electron chi connectivity index (χ1n) is 6.56. The summed E-state index contributed by atoms with van der Waals surface area (Å²) < 4.78 is 2.80. The summed E-state index contributed by atoms with van der Waals surface area (Å²) in [5.41, 5.74) is 3.36. The number of fused-ring (bicyclic) bond motifs is 1. The van der Waals surface area contributed by atoms with Crippen molar-refractivity contribution in [2.75, 3.05) is 0 Å². The molecule has 0 spiro atoms. The number of rotatable bonds is 1. The average Bonchev–Trinajstić information content (AvgIpc) is 2.80. The zero-order valence-electron chi connectivity index (χ0n) is 11.8. The topological polar surface area (TPSA) is 30.2 Å². The zero-order valence-corrected chi connectivity index (χ0v) is 13.3. The monoisotopic (exact) mass is 329 g/mol. The van der Waals surface area contributed by atoms with Crippen LogP contribution >= 0.6 is 15.9 Å². The lowest BCUT2D eigenvalue weighted by atomic mass is 9.87. The second-order valence-corrected chi connectivity index (χ2v) is 6.83. The molecular weight excluding hydrogens is 314 g/mol. The van der Waals surface area contributed by atoms with Crippen molar-refractivity contribution in [1.82, 2.24) is 14.6 Å². The smallest absolute Gasteiger partial charge is 0.182 e. The quantitative estimate of drug-likeness (QED) is 0.660. The largest absolute Gasteiger partial charge is 0.220 e. The Balaban J connectivity index is 2.02. The second kappa shape index (κ2) is 4.70. The molecule has 0 amide bonds. The van der Waals surface area contributed by atoms with Crippen molar-refractivity contribution >= 4 is 21.6 Å². The molecule has 102 valence electrons. The summed E-state index contributed by atoms with van der Waals surface area (Å²) in [5.74, 6) is 0.753. The average molecular weight is 330 g/mol. The fourth-order valence-corrected chi connectivity index (χ4v) is 2.42. The van der Waals surface area contributed by atoms with E-state index in [-0.39, 0.29) is 5.41 Å².